The Balaban J connectivity index is 1.95. The van der Waals surface area contributed by atoms with Crippen molar-refractivity contribution in [2.45, 2.75) is 19.9 Å². The lowest BCUT2D eigenvalue weighted by atomic mass is 10.1. The van der Waals surface area contributed by atoms with Gasteiger partial charge >= 0.3 is 5.69 Å². The van der Waals surface area contributed by atoms with Crippen molar-refractivity contribution in [2.24, 2.45) is 0 Å². The van der Waals surface area contributed by atoms with Gasteiger partial charge in [-0.25, -0.2) is 4.79 Å². The molecule has 0 atom stereocenters. The molecule has 0 bridgehead atoms. The van der Waals surface area contributed by atoms with Crippen molar-refractivity contribution in [1.82, 2.24) is 9.55 Å². The Morgan fingerprint density at radius 2 is 1.92 bits per heavy atom. The molecule has 0 saturated heterocycles. The fourth-order valence-corrected chi connectivity index (χ4v) is 3.77. The van der Waals surface area contributed by atoms with Crippen molar-refractivity contribution >= 4 is 28.8 Å². The second-order valence-electron chi connectivity index (χ2n) is 8.02. The Kier molecular flexibility index (Phi) is 8.57. The maximum Gasteiger partial charge on any atom is 0.330 e. The van der Waals surface area contributed by atoms with Crippen LogP contribution in [-0.2, 0) is 16.1 Å². The first kappa shape index (κ1) is 26.2. The van der Waals surface area contributed by atoms with Crippen molar-refractivity contribution in [2.75, 3.05) is 42.8 Å². The number of rotatable bonds is 11. The van der Waals surface area contributed by atoms with Crippen LogP contribution in [0.4, 0.5) is 22.9 Å². The lowest BCUT2D eigenvalue weighted by molar-refractivity contribution is -0.385. The number of aromatic amines is 1. The van der Waals surface area contributed by atoms with Crippen molar-refractivity contribution in [3.8, 4) is 0 Å². The molecule has 1 aromatic heterocycles. The fourth-order valence-electron chi connectivity index (χ4n) is 3.77. The number of nitrogens with two attached hydrogens (primary N) is 1. The summed E-state index contributed by atoms with van der Waals surface area (Å²) in [5, 5.41) is 14.1. The molecule has 1 amide bonds. The zero-order valence-corrected chi connectivity index (χ0v) is 20.0. The van der Waals surface area contributed by atoms with Crippen LogP contribution in [-0.4, -0.2) is 47.2 Å². The van der Waals surface area contributed by atoms with Gasteiger partial charge in [-0.15, -0.1) is 0 Å². The number of nitro groups is 1. The number of nitrogens with zero attached hydrogens (tertiary/aromatic N) is 3. The lowest BCUT2D eigenvalue weighted by Gasteiger charge is -2.25. The average molecular weight is 497 g/mol. The summed E-state index contributed by atoms with van der Waals surface area (Å²) in [4.78, 5) is 52.8. The third kappa shape index (κ3) is 5.96. The quantitative estimate of drug-likeness (QED) is 0.205. The number of amides is 1. The normalized spacial score (nSPS) is 10.7. The maximum absolute atomic E-state index is 13.3. The third-order valence-corrected chi connectivity index (χ3v) is 5.63. The molecule has 3 aromatic rings. The summed E-state index contributed by atoms with van der Waals surface area (Å²) in [6, 6.07) is 13.6. The van der Waals surface area contributed by atoms with E-state index >= 15 is 0 Å². The number of ether oxygens (including phenoxy) is 1. The number of anilines is 3. The standard InChI is InChI=1S/C24H28N6O6/c1-16-18(10-6-11-19(16)30(34)35)26-14-20(31)28(12-7-13-36-2)21-22(25)29(24(33)27-23(21)32)15-17-8-4-3-5-9-17/h3-6,8-11,26H,7,12-15,25H2,1-2H3,(H,27,32,33). The first-order valence-corrected chi connectivity index (χ1v) is 11.2. The monoisotopic (exact) mass is 496 g/mol. The van der Waals surface area contributed by atoms with Gasteiger partial charge in [0.2, 0.25) is 5.91 Å². The molecule has 36 heavy (non-hydrogen) atoms. The van der Waals surface area contributed by atoms with E-state index in [0.29, 0.717) is 24.3 Å². The van der Waals surface area contributed by atoms with E-state index in [9.17, 15) is 24.5 Å². The van der Waals surface area contributed by atoms with E-state index < -0.39 is 22.1 Å². The van der Waals surface area contributed by atoms with Gasteiger partial charge in [-0.3, -0.25) is 29.3 Å². The molecule has 12 heteroatoms. The molecular weight excluding hydrogens is 468 g/mol. The molecule has 0 unspecified atom stereocenters. The van der Waals surface area contributed by atoms with Crippen molar-refractivity contribution < 1.29 is 14.5 Å². The fraction of sp³-hybridized carbons (Fsp3) is 0.292. The van der Waals surface area contributed by atoms with Crippen LogP contribution in [0.25, 0.3) is 0 Å². The van der Waals surface area contributed by atoms with Crippen LogP contribution >= 0.6 is 0 Å². The van der Waals surface area contributed by atoms with Crippen LogP contribution in [0.3, 0.4) is 0 Å². The summed E-state index contributed by atoms with van der Waals surface area (Å²) in [6.45, 7) is 1.82. The Morgan fingerprint density at radius 1 is 1.19 bits per heavy atom. The molecule has 0 fully saturated rings. The van der Waals surface area contributed by atoms with Gasteiger partial charge in [-0.2, -0.15) is 0 Å². The molecule has 0 aliphatic heterocycles. The minimum Gasteiger partial charge on any atom is -0.385 e. The highest BCUT2D eigenvalue weighted by molar-refractivity contribution is 5.98. The highest BCUT2D eigenvalue weighted by Gasteiger charge is 2.24. The number of carbonyl (C=O) groups excluding carboxylic acids is 1. The van der Waals surface area contributed by atoms with E-state index in [2.05, 4.69) is 10.3 Å². The molecular formula is C24H28N6O6. The van der Waals surface area contributed by atoms with Crippen LogP contribution in [0.2, 0.25) is 0 Å². The smallest absolute Gasteiger partial charge is 0.330 e. The van der Waals surface area contributed by atoms with Gasteiger partial charge in [0.15, 0.2) is 5.69 Å². The van der Waals surface area contributed by atoms with Crippen molar-refractivity contribution in [3.63, 3.8) is 0 Å². The number of carbonyl (C=O) groups is 1. The Labute approximate surface area is 206 Å². The number of hydrogen-bond donors (Lipinski definition) is 3. The van der Waals surface area contributed by atoms with Crippen LogP contribution < -0.4 is 27.2 Å². The summed E-state index contributed by atoms with van der Waals surface area (Å²) >= 11 is 0. The predicted molar refractivity (Wildman–Crippen MR) is 136 cm³/mol. The number of nitrogen functional groups attached to an aromatic ring is 1. The summed E-state index contributed by atoms with van der Waals surface area (Å²) in [5.74, 6) is -0.663. The van der Waals surface area contributed by atoms with Crippen LogP contribution in [0.1, 0.15) is 17.5 Å². The van der Waals surface area contributed by atoms with Crippen LogP contribution in [0, 0.1) is 17.0 Å². The first-order chi connectivity index (χ1) is 17.2. The van der Waals surface area contributed by atoms with Gasteiger partial charge in [0.05, 0.1) is 18.0 Å². The van der Waals surface area contributed by atoms with E-state index in [1.165, 1.54) is 28.7 Å². The van der Waals surface area contributed by atoms with E-state index in [1.54, 1.807) is 13.0 Å². The Bertz CT molecular complexity index is 1350. The molecule has 0 aliphatic carbocycles. The number of nitro benzene ring substituents is 1. The summed E-state index contributed by atoms with van der Waals surface area (Å²) in [5.41, 5.74) is 6.12. The van der Waals surface area contributed by atoms with Crippen LogP contribution in [0.15, 0.2) is 58.1 Å². The number of hydrogen-bond acceptors (Lipinski definition) is 8. The van der Waals surface area contributed by atoms with E-state index in [-0.39, 0.29) is 36.8 Å². The predicted octanol–water partition coefficient (Wildman–Crippen LogP) is 1.87. The Morgan fingerprint density at radius 3 is 2.58 bits per heavy atom. The summed E-state index contributed by atoms with van der Waals surface area (Å²) in [7, 11) is 1.51. The first-order valence-electron chi connectivity index (χ1n) is 11.2. The van der Waals surface area contributed by atoms with E-state index in [0.717, 1.165) is 5.56 Å². The topological polar surface area (TPSA) is 166 Å². The van der Waals surface area contributed by atoms with Gasteiger partial charge < -0.3 is 20.7 Å². The molecule has 4 N–H and O–H groups in total. The molecule has 0 saturated carbocycles. The molecule has 0 spiro atoms. The molecule has 0 radical (unpaired) electrons. The molecule has 1 heterocycles. The zero-order chi connectivity index (χ0) is 26.2. The summed E-state index contributed by atoms with van der Waals surface area (Å²) in [6.07, 6.45) is 0.398. The minimum absolute atomic E-state index is 0.0851. The molecule has 12 nitrogen and oxygen atoms in total. The minimum atomic E-state index is -0.792. The van der Waals surface area contributed by atoms with Gasteiger partial charge in [0.25, 0.3) is 11.2 Å². The van der Waals surface area contributed by atoms with Gasteiger partial charge in [0.1, 0.15) is 5.82 Å². The molecule has 3 rings (SSSR count). The largest absolute Gasteiger partial charge is 0.385 e. The average Bonchev–Trinajstić information content (AvgIpc) is 2.85. The Hall–Kier alpha value is -4.45. The second kappa shape index (κ2) is 11.8. The zero-order valence-electron chi connectivity index (χ0n) is 20.0. The van der Waals surface area contributed by atoms with Crippen molar-refractivity contribution in [3.05, 3.63) is 90.6 Å². The van der Waals surface area contributed by atoms with Crippen molar-refractivity contribution in [1.29, 1.82) is 0 Å². The maximum atomic E-state index is 13.3. The van der Waals surface area contributed by atoms with E-state index in [1.807, 2.05) is 30.3 Å². The number of H-pyrrole nitrogens is 1. The van der Waals surface area contributed by atoms with Crippen LogP contribution in [0.5, 0.6) is 0 Å². The number of methoxy groups -OCH3 is 1. The van der Waals surface area contributed by atoms with E-state index in [4.69, 9.17) is 10.5 Å². The highest BCUT2D eigenvalue weighted by Crippen LogP contribution is 2.25. The van der Waals surface area contributed by atoms with Gasteiger partial charge in [0, 0.05) is 37.6 Å². The molecule has 0 aliphatic rings. The highest BCUT2D eigenvalue weighted by atomic mass is 16.6. The summed E-state index contributed by atoms with van der Waals surface area (Å²) < 4.78 is 6.28. The van der Waals surface area contributed by atoms with Gasteiger partial charge in [-0.1, -0.05) is 36.4 Å². The molecule has 190 valence electrons. The molecule has 2 aromatic carbocycles. The third-order valence-electron chi connectivity index (χ3n) is 5.63. The second-order valence-corrected chi connectivity index (χ2v) is 8.02. The number of nitrogens with one attached hydrogen (secondary N) is 2. The number of aromatic nitrogens is 2. The number of benzene rings is 2. The van der Waals surface area contributed by atoms with Gasteiger partial charge in [-0.05, 0) is 25.0 Å². The lowest BCUT2D eigenvalue weighted by Crippen LogP contribution is -2.44. The SMILES string of the molecule is COCCCN(C(=O)CNc1cccc([N+](=O)[O-])c1C)c1c(N)n(Cc2ccccc2)c(=O)[nH]c1=O.